The topological polar surface area (TPSA) is 108 Å². The molecule has 3 rings (SSSR count). The molecule has 1 heterocycles. The number of nitrogens with zero attached hydrogens (tertiary/aromatic N) is 2. The molecule has 2 unspecified atom stereocenters. The number of urea groups is 1. The predicted octanol–water partition coefficient (Wildman–Crippen LogP) is 3.38. The van der Waals surface area contributed by atoms with Gasteiger partial charge < -0.3 is 15.0 Å². The van der Waals surface area contributed by atoms with Crippen molar-refractivity contribution in [3.8, 4) is 5.75 Å². The highest BCUT2D eigenvalue weighted by atomic mass is 35.5. The Hall–Kier alpha value is -2.89. The Kier molecular flexibility index (Phi) is 9.74. The van der Waals surface area contributed by atoms with Gasteiger partial charge in [-0.1, -0.05) is 30.7 Å². The van der Waals surface area contributed by atoms with Crippen LogP contribution < -0.4 is 14.8 Å². The summed E-state index contributed by atoms with van der Waals surface area (Å²) >= 11 is 6.00. The summed E-state index contributed by atoms with van der Waals surface area (Å²) in [5.41, 5.74) is 0.983. The fourth-order valence-electron chi connectivity index (χ4n) is 4.08. The third-order valence-electron chi connectivity index (χ3n) is 6.04. The van der Waals surface area contributed by atoms with Crippen molar-refractivity contribution in [2.24, 2.45) is 0 Å². The molecule has 12 heteroatoms. The average Bonchev–Trinajstić information content (AvgIpc) is 2.84. The Bertz CT molecular complexity index is 1210. The van der Waals surface area contributed by atoms with E-state index in [0.29, 0.717) is 32.6 Å². The van der Waals surface area contributed by atoms with Gasteiger partial charge in [0, 0.05) is 43.3 Å². The molecule has 2 aromatic carbocycles. The number of halogens is 2. The molecule has 3 amide bonds. The Labute approximate surface area is 222 Å². The van der Waals surface area contributed by atoms with Crippen LogP contribution in [0.15, 0.2) is 47.4 Å². The maximum Gasteiger partial charge on any atom is 0.328 e. The van der Waals surface area contributed by atoms with Crippen molar-refractivity contribution in [1.82, 2.24) is 19.8 Å². The largest absolute Gasteiger partial charge is 0.482 e. The van der Waals surface area contributed by atoms with Gasteiger partial charge in [-0.15, -0.1) is 0 Å². The van der Waals surface area contributed by atoms with E-state index in [4.69, 9.17) is 16.3 Å². The first-order valence-electron chi connectivity index (χ1n) is 12.0. The molecule has 2 atom stereocenters. The molecule has 1 aliphatic heterocycles. The zero-order valence-corrected chi connectivity index (χ0v) is 22.6. The van der Waals surface area contributed by atoms with Gasteiger partial charge in [-0.3, -0.25) is 9.69 Å². The third kappa shape index (κ3) is 7.80. The van der Waals surface area contributed by atoms with Gasteiger partial charge >= 0.3 is 6.03 Å². The van der Waals surface area contributed by atoms with Crippen LogP contribution in [0.25, 0.3) is 0 Å². The number of sulfonamides is 1. The van der Waals surface area contributed by atoms with Crippen molar-refractivity contribution in [1.29, 1.82) is 0 Å². The predicted molar refractivity (Wildman–Crippen MR) is 138 cm³/mol. The number of amides is 3. The van der Waals surface area contributed by atoms with Crippen LogP contribution in [0.5, 0.6) is 5.75 Å². The minimum absolute atomic E-state index is 0.0440. The Balaban J connectivity index is 1.64. The second-order valence-corrected chi connectivity index (χ2v) is 11.1. The molecule has 2 N–H and O–H groups in total. The molecular formula is C25H32ClFN4O5S. The van der Waals surface area contributed by atoms with Gasteiger partial charge in [0.1, 0.15) is 16.5 Å². The zero-order valence-electron chi connectivity index (χ0n) is 21.0. The standard InChI is InChI=1S/C25H32ClFN4O5S/c1-4-11-28-25(33)29-37(34,35)23-12-20(26)7-10-22(23)36-16-24(32)31-14-17(2)30(13-18(31)3)15-19-5-8-21(27)9-6-19/h5-10,12,17-18H,4,11,13-16H2,1-3H3,(H2,28,29,33). The van der Waals surface area contributed by atoms with Crippen LogP contribution >= 0.6 is 11.6 Å². The van der Waals surface area contributed by atoms with E-state index in [1.807, 2.05) is 25.5 Å². The molecule has 0 aromatic heterocycles. The van der Waals surface area contributed by atoms with Crippen LogP contribution in [0.1, 0.15) is 32.8 Å². The van der Waals surface area contributed by atoms with Crippen LogP contribution in [0.4, 0.5) is 9.18 Å². The summed E-state index contributed by atoms with van der Waals surface area (Å²) in [4.78, 5) is 28.5. The average molecular weight is 555 g/mol. The highest BCUT2D eigenvalue weighted by Crippen LogP contribution is 2.28. The molecule has 9 nitrogen and oxygen atoms in total. The number of hydrogen-bond acceptors (Lipinski definition) is 6. The molecule has 0 saturated carbocycles. The number of piperazine rings is 1. The first-order chi connectivity index (χ1) is 17.5. The van der Waals surface area contributed by atoms with E-state index in [9.17, 15) is 22.4 Å². The molecule has 2 aromatic rings. The Morgan fingerprint density at radius 1 is 1.11 bits per heavy atom. The van der Waals surface area contributed by atoms with Crippen LogP contribution in [0, 0.1) is 5.82 Å². The lowest BCUT2D eigenvalue weighted by molar-refractivity contribution is -0.139. The minimum atomic E-state index is -4.30. The van der Waals surface area contributed by atoms with Crippen LogP contribution in [-0.2, 0) is 21.4 Å². The van der Waals surface area contributed by atoms with E-state index in [2.05, 4.69) is 10.2 Å². The van der Waals surface area contributed by atoms with Crippen molar-refractivity contribution in [2.75, 3.05) is 26.2 Å². The van der Waals surface area contributed by atoms with E-state index in [1.165, 1.54) is 24.3 Å². The Morgan fingerprint density at radius 3 is 2.49 bits per heavy atom. The van der Waals surface area contributed by atoms with Crippen LogP contribution in [0.2, 0.25) is 5.02 Å². The number of ether oxygens (including phenoxy) is 1. The van der Waals surface area contributed by atoms with E-state index in [-0.39, 0.29) is 46.1 Å². The van der Waals surface area contributed by atoms with Gasteiger partial charge in [-0.2, -0.15) is 0 Å². The van der Waals surface area contributed by atoms with Crippen LogP contribution in [0.3, 0.4) is 0 Å². The first-order valence-corrected chi connectivity index (χ1v) is 13.9. The Morgan fingerprint density at radius 2 is 1.81 bits per heavy atom. The maximum absolute atomic E-state index is 13.2. The number of rotatable bonds is 9. The summed E-state index contributed by atoms with van der Waals surface area (Å²) in [7, 11) is -4.30. The fourth-order valence-corrected chi connectivity index (χ4v) is 5.41. The van der Waals surface area contributed by atoms with Crippen molar-refractivity contribution in [2.45, 2.75) is 50.7 Å². The monoisotopic (exact) mass is 554 g/mol. The summed E-state index contributed by atoms with van der Waals surface area (Å²) in [5, 5.41) is 2.56. The molecule has 202 valence electrons. The lowest BCUT2D eigenvalue weighted by Gasteiger charge is -2.44. The molecule has 37 heavy (non-hydrogen) atoms. The van der Waals surface area contributed by atoms with Gasteiger partial charge in [0.2, 0.25) is 0 Å². The molecule has 0 bridgehead atoms. The second-order valence-electron chi connectivity index (χ2n) is 9.04. The zero-order chi connectivity index (χ0) is 27.2. The lowest BCUT2D eigenvalue weighted by atomic mass is 10.1. The summed E-state index contributed by atoms with van der Waals surface area (Å²) in [6, 6.07) is 9.36. The number of nitrogens with one attached hydrogen (secondary N) is 2. The van der Waals surface area contributed by atoms with Gasteiger partial charge in [0.05, 0.1) is 0 Å². The number of carbonyl (C=O) groups is 2. The van der Waals surface area contributed by atoms with E-state index in [1.54, 1.807) is 17.0 Å². The highest BCUT2D eigenvalue weighted by Gasteiger charge is 2.32. The number of hydrogen-bond donors (Lipinski definition) is 2. The summed E-state index contributed by atoms with van der Waals surface area (Å²) in [5.74, 6) is -0.676. The first kappa shape index (κ1) is 28.7. The van der Waals surface area contributed by atoms with Crippen molar-refractivity contribution < 1.29 is 27.1 Å². The highest BCUT2D eigenvalue weighted by molar-refractivity contribution is 7.90. The van der Waals surface area contributed by atoms with E-state index < -0.39 is 16.1 Å². The molecular weight excluding hydrogens is 523 g/mol. The molecule has 0 spiro atoms. The van der Waals surface area contributed by atoms with Crippen molar-refractivity contribution in [3.05, 3.63) is 58.9 Å². The SMILES string of the molecule is CCCNC(=O)NS(=O)(=O)c1cc(Cl)ccc1OCC(=O)N1CC(C)N(Cc2ccc(F)cc2)CC1C. The van der Waals surface area contributed by atoms with Crippen molar-refractivity contribution >= 4 is 33.6 Å². The van der Waals surface area contributed by atoms with Crippen molar-refractivity contribution in [3.63, 3.8) is 0 Å². The van der Waals surface area contributed by atoms with Gasteiger partial charge in [0.15, 0.2) is 6.61 Å². The fraction of sp³-hybridized carbons (Fsp3) is 0.440. The summed E-state index contributed by atoms with van der Waals surface area (Å²) in [6.45, 7) is 7.39. The molecule has 1 saturated heterocycles. The van der Waals surface area contributed by atoms with E-state index >= 15 is 0 Å². The minimum Gasteiger partial charge on any atom is -0.482 e. The van der Waals surface area contributed by atoms with E-state index in [0.717, 1.165) is 11.6 Å². The molecule has 1 fully saturated rings. The number of benzene rings is 2. The third-order valence-corrected chi connectivity index (χ3v) is 7.63. The normalized spacial score (nSPS) is 18.4. The smallest absolute Gasteiger partial charge is 0.328 e. The second kappa shape index (κ2) is 12.6. The molecule has 1 aliphatic rings. The summed E-state index contributed by atoms with van der Waals surface area (Å²) in [6.07, 6.45) is 0.638. The van der Waals surface area contributed by atoms with Gasteiger partial charge in [-0.25, -0.2) is 22.3 Å². The quantitative estimate of drug-likeness (QED) is 0.492. The maximum atomic E-state index is 13.2. The lowest BCUT2D eigenvalue weighted by Crippen LogP contribution is -2.58. The van der Waals surface area contributed by atoms with Crippen LogP contribution in [-0.4, -0.2) is 68.5 Å². The molecule has 0 aliphatic carbocycles. The summed E-state index contributed by atoms with van der Waals surface area (Å²) < 4.78 is 46.4. The van der Waals surface area contributed by atoms with Gasteiger partial charge in [-0.05, 0) is 56.2 Å². The van der Waals surface area contributed by atoms with Gasteiger partial charge in [0.25, 0.3) is 15.9 Å². The molecule has 0 radical (unpaired) electrons. The number of carbonyl (C=O) groups excluding carboxylic acids is 2.